The zero-order chi connectivity index (χ0) is 18.4. The third-order valence-electron chi connectivity index (χ3n) is 4.23. The Morgan fingerprint density at radius 1 is 1.27 bits per heavy atom. The zero-order valence-corrected chi connectivity index (χ0v) is 16.4. The minimum atomic E-state index is 0.0270. The summed E-state index contributed by atoms with van der Waals surface area (Å²) in [5, 5.41) is 14.6. The Kier molecular flexibility index (Phi) is 6.40. The molecule has 0 aliphatic heterocycles. The van der Waals surface area contributed by atoms with Crippen LogP contribution < -0.4 is 0 Å². The van der Waals surface area contributed by atoms with Crippen LogP contribution in [0.25, 0.3) is 0 Å². The van der Waals surface area contributed by atoms with E-state index < -0.39 is 0 Å². The largest absolute Gasteiger partial charge is 0.338 e. The summed E-state index contributed by atoms with van der Waals surface area (Å²) in [7, 11) is 1.83. The van der Waals surface area contributed by atoms with Crippen molar-refractivity contribution in [3.05, 3.63) is 58.3 Å². The van der Waals surface area contributed by atoms with Gasteiger partial charge in [-0.3, -0.25) is 4.79 Å². The van der Waals surface area contributed by atoms with Crippen molar-refractivity contribution in [2.24, 2.45) is 0 Å². The number of hydrogen-bond donors (Lipinski definition) is 0. The summed E-state index contributed by atoms with van der Waals surface area (Å²) in [6.45, 7) is 2.74. The number of nitrogens with zero attached hydrogens (tertiary/aromatic N) is 5. The molecule has 0 aliphatic carbocycles. The van der Waals surface area contributed by atoms with Crippen LogP contribution in [-0.4, -0.2) is 43.8 Å². The van der Waals surface area contributed by atoms with Crippen LogP contribution in [-0.2, 0) is 17.8 Å². The summed E-state index contributed by atoms with van der Waals surface area (Å²) in [5.74, 6) is 0.367. The second kappa shape index (κ2) is 8.95. The molecule has 8 heteroatoms. The molecular formula is C18H21N5OS2. The van der Waals surface area contributed by atoms with Gasteiger partial charge in [-0.1, -0.05) is 48.2 Å². The summed E-state index contributed by atoms with van der Waals surface area (Å²) in [6, 6.07) is 14.2. The number of hydrogen-bond acceptors (Lipinski definition) is 6. The number of aromatic nitrogens is 4. The maximum atomic E-state index is 12.5. The van der Waals surface area contributed by atoms with Gasteiger partial charge >= 0.3 is 0 Å². The van der Waals surface area contributed by atoms with E-state index in [1.807, 2.05) is 50.4 Å². The number of aryl methyl sites for hydroxylation is 2. The maximum Gasteiger partial charge on any atom is 0.233 e. The molecule has 0 fully saturated rings. The minimum Gasteiger partial charge on any atom is -0.338 e. The second-order valence-electron chi connectivity index (χ2n) is 5.89. The number of amides is 1. The van der Waals surface area contributed by atoms with Crippen LogP contribution in [0, 0.1) is 0 Å². The highest BCUT2D eigenvalue weighted by molar-refractivity contribution is 7.99. The Morgan fingerprint density at radius 2 is 2.08 bits per heavy atom. The van der Waals surface area contributed by atoms with Gasteiger partial charge in [0.15, 0.2) is 0 Å². The second-order valence-corrected chi connectivity index (χ2v) is 7.87. The SMILES string of the molecule is CC(c1ccccc1)N(C)C(=O)CSc1nnnn1CCc1cccs1. The molecule has 0 aliphatic rings. The number of thiophene rings is 1. The smallest absolute Gasteiger partial charge is 0.233 e. The van der Waals surface area contributed by atoms with Crippen LogP contribution >= 0.6 is 23.1 Å². The van der Waals surface area contributed by atoms with E-state index >= 15 is 0 Å². The van der Waals surface area contributed by atoms with Crippen molar-refractivity contribution in [2.45, 2.75) is 31.1 Å². The third kappa shape index (κ3) is 4.70. The first-order chi connectivity index (χ1) is 12.6. The lowest BCUT2D eigenvalue weighted by atomic mass is 10.1. The van der Waals surface area contributed by atoms with E-state index in [1.165, 1.54) is 16.6 Å². The van der Waals surface area contributed by atoms with Crippen molar-refractivity contribution in [1.82, 2.24) is 25.1 Å². The van der Waals surface area contributed by atoms with E-state index in [-0.39, 0.29) is 11.9 Å². The highest BCUT2D eigenvalue weighted by atomic mass is 32.2. The van der Waals surface area contributed by atoms with E-state index in [2.05, 4.69) is 27.0 Å². The fourth-order valence-electron chi connectivity index (χ4n) is 2.51. The fourth-order valence-corrected chi connectivity index (χ4v) is 4.04. The molecule has 0 bridgehead atoms. The lowest BCUT2D eigenvalue weighted by molar-refractivity contribution is -0.128. The Bertz CT molecular complexity index is 819. The molecule has 0 saturated heterocycles. The molecule has 0 radical (unpaired) electrons. The Hall–Kier alpha value is -2.19. The van der Waals surface area contributed by atoms with Crippen molar-refractivity contribution in [3.63, 3.8) is 0 Å². The summed E-state index contributed by atoms with van der Waals surface area (Å²) >= 11 is 3.10. The van der Waals surface area contributed by atoms with Crippen molar-refractivity contribution >= 4 is 29.0 Å². The highest BCUT2D eigenvalue weighted by Gasteiger charge is 2.18. The topological polar surface area (TPSA) is 63.9 Å². The molecule has 136 valence electrons. The molecule has 1 atom stereocenters. The quantitative estimate of drug-likeness (QED) is 0.555. The molecule has 1 unspecified atom stereocenters. The number of thioether (sulfide) groups is 1. The van der Waals surface area contributed by atoms with Crippen LogP contribution in [0.5, 0.6) is 0 Å². The monoisotopic (exact) mass is 387 g/mol. The van der Waals surface area contributed by atoms with Crippen molar-refractivity contribution in [2.75, 3.05) is 12.8 Å². The van der Waals surface area contributed by atoms with Gasteiger partial charge in [0.05, 0.1) is 18.3 Å². The van der Waals surface area contributed by atoms with Gasteiger partial charge in [-0.05, 0) is 34.4 Å². The average Bonchev–Trinajstić information content (AvgIpc) is 3.35. The number of carbonyl (C=O) groups excluding carboxylic acids is 1. The van der Waals surface area contributed by atoms with Crippen molar-refractivity contribution < 1.29 is 4.79 Å². The minimum absolute atomic E-state index is 0.0270. The van der Waals surface area contributed by atoms with Gasteiger partial charge in [0, 0.05) is 18.3 Å². The van der Waals surface area contributed by atoms with Gasteiger partial charge in [-0.25, -0.2) is 4.68 Å². The number of tetrazole rings is 1. The zero-order valence-electron chi connectivity index (χ0n) is 14.8. The van der Waals surface area contributed by atoms with Crippen LogP contribution in [0.3, 0.4) is 0 Å². The fraction of sp³-hybridized carbons (Fsp3) is 0.333. The molecule has 2 heterocycles. The molecule has 3 rings (SSSR count). The van der Waals surface area contributed by atoms with Crippen molar-refractivity contribution in [3.8, 4) is 0 Å². The summed E-state index contributed by atoms with van der Waals surface area (Å²) in [6.07, 6.45) is 0.884. The van der Waals surface area contributed by atoms with Gasteiger partial charge in [0.2, 0.25) is 11.1 Å². The van der Waals surface area contributed by atoms with E-state index in [1.54, 1.807) is 20.9 Å². The predicted octanol–water partition coefficient (Wildman–Crippen LogP) is 3.29. The molecule has 1 amide bonds. The molecule has 0 saturated carbocycles. The number of benzene rings is 1. The number of rotatable bonds is 8. The maximum absolute atomic E-state index is 12.5. The molecular weight excluding hydrogens is 366 g/mol. The van der Waals surface area contributed by atoms with Crippen LogP contribution in [0.15, 0.2) is 53.0 Å². The van der Waals surface area contributed by atoms with E-state index in [0.29, 0.717) is 17.5 Å². The van der Waals surface area contributed by atoms with Crippen LogP contribution in [0.4, 0.5) is 0 Å². The third-order valence-corrected chi connectivity index (χ3v) is 6.11. The molecule has 0 N–H and O–H groups in total. The Morgan fingerprint density at radius 3 is 2.81 bits per heavy atom. The molecule has 26 heavy (non-hydrogen) atoms. The van der Waals surface area contributed by atoms with Crippen LogP contribution in [0.1, 0.15) is 23.4 Å². The average molecular weight is 388 g/mol. The molecule has 6 nitrogen and oxygen atoms in total. The van der Waals surface area contributed by atoms with Gasteiger partial charge in [-0.15, -0.1) is 16.4 Å². The summed E-state index contributed by atoms with van der Waals surface area (Å²) in [5.41, 5.74) is 1.12. The van der Waals surface area contributed by atoms with Crippen LogP contribution in [0.2, 0.25) is 0 Å². The molecule has 0 spiro atoms. The predicted molar refractivity (Wildman–Crippen MR) is 104 cm³/mol. The van der Waals surface area contributed by atoms with Gasteiger partial charge in [-0.2, -0.15) is 0 Å². The van der Waals surface area contributed by atoms with Gasteiger partial charge in [0.1, 0.15) is 0 Å². The normalized spacial score (nSPS) is 12.1. The number of carbonyl (C=O) groups is 1. The van der Waals surface area contributed by atoms with Gasteiger partial charge in [0.25, 0.3) is 0 Å². The first-order valence-corrected chi connectivity index (χ1v) is 10.2. The Balaban J connectivity index is 1.54. The first-order valence-electron chi connectivity index (χ1n) is 8.37. The van der Waals surface area contributed by atoms with Gasteiger partial charge < -0.3 is 4.90 Å². The summed E-state index contributed by atoms with van der Waals surface area (Å²) in [4.78, 5) is 15.6. The van der Waals surface area contributed by atoms with Crippen molar-refractivity contribution in [1.29, 1.82) is 0 Å². The first kappa shape index (κ1) is 18.6. The van der Waals surface area contributed by atoms with E-state index in [4.69, 9.17) is 0 Å². The standard InChI is InChI=1S/C18H21N5OS2/c1-14(15-7-4-3-5-8-15)22(2)17(24)13-26-18-19-20-21-23(18)11-10-16-9-6-12-25-16/h3-9,12,14H,10-11,13H2,1-2H3. The molecule has 2 aromatic heterocycles. The lowest BCUT2D eigenvalue weighted by Gasteiger charge is -2.25. The molecule has 3 aromatic rings. The lowest BCUT2D eigenvalue weighted by Crippen LogP contribution is -2.31. The highest BCUT2D eigenvalue weighted by Crippen LogP contribution is 2.21. The summed E-state index contributed by atoms with van der Waals surface area (Å²) < 4.78 is 1.76. The Labute approximate surface area is 161 Å². The van der Waals surface area contributed by atoms with E-state index in [0.717, 1.165) is 12.0 Å². The van der Waals surface area contributed by atoms with E-state index in [9.17, 15) is 4.79 Å². The molecule has 1 aromatic carbocycles.